The topological polar surface area (TPSA) is 86.8 Å². The Balaban J connectivity index is 2.43. The SMILES string of the molecule is CC(C)CNC(=O)[C@@H](C)N(Cc1ccc(Cl)cc1)C(=O)CN(c1cc(Cl)c(Cl)cc1Cl)S(C)(=O)=O. The number of amides is 2. The van der Waals surface area contributed by atoms with Gasteiger partial charge in [-0.2, -0.15) is 0 Å². The Morgan fingerprint density at radius 3 is 2.06 bits per heavy atom. The van der Waals surface area contributed by atoms with Crippen LogP contribution in [0.15, 0.2) is 36.4 Å². The molecule has 0 heterocycles. The van der Waals surface area contributed by atoms with Gasteiger partial charge < -0.3 is 10.2 Å². The fourth-order valence-electron chi connectivity index (χ4n) is 3.12. The Kier molecular flexibility index (Phi) is 10.5. The van der Waals surface area contributed by atoms with Crippen LogP contribution in [-0.2, 0) is 26.2 Å². The van der Waals surface area contributed by atoms with Gasteiger partial charge in [-0.1, -0.05) is 72.4 Å². The third-order valence-electron chi connectivity index (χ3n) is 5.06. The molecule has 1 N–H and O–H groups in total. The second-order valence-electron chi connectivity index (χ2n) is 8.45. The molecule has 0 aliphatic rings. The molecule has 192 valence electrons. The molecule has 0 spiro atoms. The van der Waals surface area contributed by atoms with E-state index in [-0.39, 0.29) is 39.1 Å². The Morgan fingerprint density at radius 2 is 1.51 bits per heavy atom. The molecular weight excluding hydrogens is 556 g/mol. The first-order valence-corrected chi connectivity index (χ1v) is 14.0. The van der Waals surface area contributed by atoms with Crippen molar-refractivity contribution in [1.82, 2.24) is 10.2 Å². The Bertz CT molecular complexity index is 1170. The van der Waals surface area contributed by atoms with E-state index < -0.39 is 28.5 Å². The van der Waals surface area contributed by atoms with Gasteiger partial charge in [-0.05, 0) is 42.7 Å². The van der Waals surface area contributed by atoms with Crippen LogP contribution in [0.25, 0.3) is 0 Å². The highest BCUT2D eigenvalue weighted by molar-refractivity contribution is 7.92. The van der Waals surface area contributed by atoms with Crippen LogP contribution in [0.3, 0.4) is 0 Å². The van der Waals surface area contributed by atoms with E-state index in [1.165, 1.54) is 17.0 Å². The molecule has 0 aliphatic carbocycles. The van der Waals surface area contributed by atoms with Gasteiger partial charge in [0.15, 0.2) is 0 Å². The first-order valence-electron chi connectivity index (χ1n) is 10.6. The van der Waals surface area contributed by atoms with E-state index >= 15 is 0 Å². The van der Waals surface area contributed by atoms with Crippen molar-refractivity contribution in [3.63, 3.8) is 0 Å². The van der Waals surface area contributed by atoms with E-state index in [0.29, 0.717) is 17.1 Å². The summed E-state index contributed by atoms with van der Waals surface area (Å²) in [5.74, 6) is -0.761. The van der Waals surface area contributed by atoms with Crippen LogP contribution in [0.4, 0.5) is 5.69 Å². The van der Waals surface area contributed by atoms with Crippen LogP contribution in [0.2, 0.25) is 20.1 Å². The summed E-state index contributed by atoms with van der Waals surface area (Å²) in [6, 6.07) is 8.49. The van der Waals surface area contributed by atoms with Crippen molar-refractivity contribution >= 4 is 73.9 Å². The van der Waals surface area contributed by atoms with Crippen molar-refractivity contribution in [3.05, 3.63) is 62.1 Å². The highest BCUT2D eigenvalue weighted by Gasteiger charge is 2.31. The van der Waals surface area contributed by atoms with E-state index in [9.17, 15) is 18.0 Å². The summed E-state index contributed by atoms with van der Waals surface area (Å²) in [7, 11) is -3.96. The number of hydrogen-bond acceptors (Lipinski definition) is 4. The van der Waals surface area contributed by atoms with E-state index in [4.69, 9.17) is 46.4 Å². The number of halogens is 4. The molecule has 12 heteroatoms. The van der Waals surface area contributed by atoms with Crippen molar-refractivity contribution in [2.24, 2.45) is 5.92 Å². The first kappa shape index (κ1) is 29.5. The zero-order chi connectivity index (χ0) is 26.5. The lowest BCUT2D eigenvalue weighted by atomic mass is 10.1. The van der Waals surface area contributed by atoms with Crippen molar-refractivity contribution < 1.29 is 18.0 Å². The predicted molar refractivity (Wildman–Crippen MR) is 143 cm³/mol. The van der Waals surface area contributed by atoms with Gasteiger partial charge >= 0.3 is 0 Å². The van der Waals surface area contributed by atoms with Gasteiger partial charge in [-0.15, -0.1) is 0 Å². The summed E-state index contributed by atoms with van der Waals surface area (Å²) in [6.07, 6.45) is 0.946. The van der Waals surface area contributed by atoms with Gasteiger partial charge in [-0.25, -0.2) is 8.42 Å². The maximum atomic E-state index is 13.5. The van der Waals surface area contributed by atoms with Crippen LogP contribution < -0.4 is 9.62 Å². The Labute approximate surface area is 226 Å². The molecule has 35 heavy (non-hydrogen) atoms. The quantitative estimate of drug-likeness (QED) is 0.387. The molecule has 2 aromatic rings. The average Bonchev–Trinajstić information content (AvgIpc) is 2.76. The normalized spacial score (nSPS) is 12.4. The third-order valence-corrected chi connectivity index (χ3v) is 7.46. The van der Waals surface area contributed by atoms with Crippen molar-refractivity contribution in [3.8, 4) is 0 Å². The highest BCUT2D eigenvalue weighted by Crippen LogP contribution is 2.35. The maximum Gasteiger partial charge on any atom is 0.244 e. The molecule has 0 aliphatic heterocycles. The molecule has 0 radical (unpaired) electrons. The summed E-state index contributed by atoms with van der Waals surface area (Å²) in [6.45, 7) is 5.37. The summed E-state index contributed by atoms with van der Waals surface area (Å²) in [4.78, 5) is 27.6. The Hall–Kier alpha value is -1.71. The van der Waals surface area contributed by atoms with Crippen LogP contribution in [0.1, 0.15) is 26.3 Å². The highest BCUT2D eigenvalue weighted by atomic mass is 35.5. The van der Waals surface area contributed by atoms with Crippen LogP contribution >= 0.6 is 46.4 Å². The van der Waals surface area contributed by atoms with Crippen LogP contribution in [-0.4, -0.2) is 50.5 Å². The van der Waals surface area contributed by atoms with E-state index in [0.717, 1.165) is 10.6 Å². The molecule has 1 atom stereocenters. The fraction of sp³-hybridized carbons (Fsp3) is 0.391. The van der Waals surface area contributed by atoms with E-state index in [1.54, 1.807) is 31.2 Å². The number of nitrogens with one attached hydrogen (secondary N) is 1. The maximum absolute atomic E-state index is 13.5. The van der Waals surface area contributed by atoms with Crippen molar-refractivity contribution in [2.45, 2.75) is 33.4 Å². The standard InChI is InChI=1S/C23H27Cl4N3O4S/c1-14(2)11-28-23(32)15(3)29(12-16-5-7-17(24)8-6-16)22(31)13-30(35(4,33)34)21-10-19(26)18(25)9-20(21)27/h5-10,14-15H,11-13H2,1-4H3,(H,28,32)/t15-/m1/s1. The molecule has 2 aromatic carbocycles. The summed E-state index contributed by atoms with van der Waals surface area (Å²) in [5.41, 5.74) is 0.713. The van der Waals surface area contributed by atoms with E-state index in [1.807, 2.05) is 13.8 Å². The lowest BCUT2D eigenvalue weighted by Crippen LogP contribution is -2.51. The summed E-state index contributed by atoms with van der Waals surface area (Å²) < 4.78 is 26.1. The summed E-state index contributed by atoms with van der Waals surface area (Å²) >= 11 is 24.3. The second-order valence-corrected chi connectivity index (χ2v) is 12.0. The number of rotatable bonds is 10. The fourth-order valence-corrected chi connectivity index (χ4v) is 4.79. The monoisotopic (exact) mass is 581 g/mol. The van der Waals surface area contributed by atoms with Gasteiger partial charge in [-0.3, -0.25) is 13.9 Å². The van der Waals surface area contributed by atoms with Crippen LogP contribution in [0.5, 0.6) is 0 Å². The second kappa shape index (κ2) is 12.5. The zero-order valence-corrected chi connectivity index (χ0v) is 23.5. The molecule has 0 unspecified atom stereocenters. The van der Waals surface area contributed by atoms with Gasteiger partial charge in [0.2, 0.25) is 21.8 Å². The molecule has 2 amide bonds. The number of hydrogen-bond donors (Lipinski definition) is 1. The van der Waals surface area contributed by atoms with Gasteiger partial charge in [0, 0.05) is 18.1 Å². The number of nitrogens with zero attached hydrogens (tertiary/aromatic N) is 2. The number of benzene rings is 2. The number of carbonyl (C=O) groups is 2. The van der Waals surface area contributed by atoms with Crippen molar-refractivity contribution in [1.29, 1.82) is 0 Å². The molecular formula is C23H27Cl4N3O4S. The smallest absolute Gasteiger partial charge is 0.244 e. The van der Waals surface area contributed by atoms with Crippen LogP contribution in [0, 0.1) is 5.92 Å². The lowest BCUT2D eigenvalue weighted by Gasteiger charge is -2.32. The number of sulfonamides is 1. The number of carbonyl (C=O) groups excluding carboxylic acids is 2. The predicted octanol–water partition coefficient (Wildman–Crippen LogP) is 5.26. The lowest BCUT2D eigenvalue weighted by molar-refractivity contribution is -0.139. The molecule has 0 bridgehead atoms. The third kappa shape index (κ3) is 8.43. The molecule has 0 aromatic heterocycles. The minimum atomic E-state index is -3.96. The van der Waals surface area contributed by atoms with Gasteiger partial charge in [0.25, 0.3) is 0 Å². The van der Waals surface area contributed by atoms with Gasteiger partial charge in [0.05, 0.1) is 27.0 Å². The number of anilines is 1. The molecule has 0 fully saturated rings. The zero-order valence-electron chi connectivity index (χ0n) is 19.7. The Morgan fingerprint density at radius 1 is 0.943 bits per heavy atom. The molecule has 7 nitrogen and oxygen atoms in total. The minimum Gasteiger partial charge on any atom is -0.354 e. The van der Waals surface area contributed by atoms with Gasteiger partial charge in [0.1, 0.15) is 12.6 Å². The molecule has 2 rings (SSSR count). The summed E-state index contributed by atoms with van der Waals surface area (Å²) in [5, 5.41) is 3.55. The largest absolute Gasteiger partial charge is 0.354 e. The minimum absolute atomic E-state index is 0.000252. The first-order chi connectivity index (χ1) is 16.2. The average molecular weight is 583 g/mol. The van der Waals surface area contributed by atoms with E-state index in [2.05, 4.69) is 5.32 Å². The molecule has 0 saturated carbocycles. The molecule has 0 saturated heterocycles. The van der Waals surface area contributed by atoms with Crippen molar-refractivity contribution in [2.75, 3.05) is 23.7 Å².